The first-order chi connectivity index (χ1) is 17.5. The first-order valence-corrected chi connectivity index (χ1v) is 12.9. The summed E-state index contributed by atoms with van der Waals surface area (Å²) < 4.78 is 0. The van der Waals surface area contributed by atoms with Crippen LogP contribution in [0.25, 0.3) is 0 Å². The lowest BCUT2D eigenvalue weighted by atomic mass is 10.1. The van der Waals surface area contributed by atoms with Gasteiger partial charge in [-0.25, -0.2) is 0 Å². The molecule has 0 heterocycles. The summed E-state index contributed by atoms with van der Waals surface area (Å²) in [5.41, 5.74) is 6.20. The third-order valence-corrected chi connectivity index (χ3v) is 7.31. The molecule has 4 aromatic carbocycles. The number of amides is 2. The van der Waals surface area contributed by atoms with E-state index in [2.05, 4.69) is 17.6 Å². The van der Waals surface area contributed by atoms with Crippen molar-refractivity contribution >= 4 is 35.0 Å². The second kappa shape index (κ2) is 11.7. The molecule has 36 heavy (non-hydrogen) atoms. The van der Waals surface area contributed by atoms with Crippen LogP contribution in [0.1, 0.15) is 44.8 Å². The highest BCUT2D eigenvalue weighted by Gasteiger charge is 2.23. The molecule has 0 aliphatic rings. The Morgan fingerprint density at radius 1 is 0.778 bits per heavy atom. The fourth-order valence-electron chi connectivity index (χ4n) is 4.10. The maximum atomic E-state index is 13.6. The van der Waals surface area contributed by atoms with Crippen LogP contribution in [0.5, 0.6) is 0 Å². The van der Waals surface area contributed by atoms with Crippen molar-refractivity contribution in [3.63, 3.8) is 0 Å². The smallest absolute Gasteiger partial charge is 0.255 e. The molecule has 1 unspecified atom stereocenters. The molecule has 5 heteroatoms. The fraction of sp³-hybridized carbons (Fsp3) is 0.161. The summed E-state index contributed by atoms with van der Waals surface area (Å²) in [6, 6.07) is 31.0. The zero-order valence-corrected chi connectivity index (χ0v) is 21.6. The van der Waals surface area contributed by atoms with E-state index < -0.39 is 5.25 Å². The number of aryl methyl sites for hydroxylation is 3. The van der Waals surface area contributed by atoms with Gasteiger partial charge in [0.1, 0.15) is 5.25 Å². The summed E-state index contributed by atoms with van der Waals surface area (Å²) >= 11 is 1.47. The monoisotopic (exact) mass is 494 g/mol. The lowest BCUT2D eigenvalue weighted by Gasteiger charge is -2.20. The topological polar surface area (TPSA) is 58.2 Å². The van der Waals surface area contributed by atoms with E-state index in [0.29, 0.717) is 11.3 Å². The van der Waals surface area contributed by atoms with Crippen molar-refractivity contribution < 1.29 is 9.59 Å². The Hall–Kier alpha value is -3.83. The molecular weight excluding hydrogens is 464 g/mol. The van der Waals surface area contributed by atoms with Gasteiger partial charge in [0.25, 0.3) is 5.91 Å². The predicted molar refractivity (Wildman–Crippen MR) is 150 cm³/mol. The van der Waals surface area contributed by atoms with Crippen molar-refractivity contribution in [2.24, 2.45) is 0 Å². The molecule has 182 valence electrons. The maximum Gasteiger partial charge on any atom is 0.255 e. The summed E-state index contributed by atoms with van der Waals surface area (Å²) in [5.74, 6) is -0.233. The van der Waals surface area contributed by atoms with E-state index in [4.69, 9.17) is 0 Å². The van der Waals surface area contributed by atoms with Gasteiger partial charge in [-0.2, -0.15) is 0 Å². The second-order valence-corrected chi connectivity index (χ2v) is 9.84. The van der Waals surface area contributed by atoms with Crippen molar-refractivity contribution in [1.29, 1.82) is 0 Å². The molecule has 0 aromatic heterocycles. The van der Waals surface area contributed by atoms with Crippen molar-refractivity contribution in [3.8, 4) is 0 Å². The van der Waals surface area contributed by atoms with Crippen LogP contribution in [0, 0.1) is 13.8 Å². The van der Waals surface area contributed by atoms with Gasteiger partial charge in [-0.3, -0.25) is 9.59 Å². The van der Waals surface area contributed by atoms with E-state index >= 15 is 0 Å². The third-order valence-electron chi connectivity index (χ3n) is 6.06. The summed E-state index contributed by atoms with van der Waals surface area (Å²) in [6.45, 7) is 6.02. The van der Waals surface area contributed by atoms with Crippen LogP contribution >= 0.6 is 11.8 Å². The van der Waals surface area contributed by atoms with Crippen molar-refractivity contribution in [1.82, 2.24) is 0 Å². The highest BCUT2D eigenvalue weighted by atomic mass is 32.2. The van der Waals surface area contributed by atoms with Crippen molar-refractivity contribution in [2.75, 3.05) is 10.6 Å². The predicted octanol–water partition coefficient (Wildman–Crippen LogP) is 7.59. The molecule has 0 saturated carbocycles. The molecule has 0 aliphatic carbocycles. The van der Waals surface area contributed by atoms with Crippen LogP contribution in [0.15, 0.2) is 102 Å². The highest BCUT2D eigenvalue weighted by Crippen LogP contribution is 2.38. The first kappa shape index (κ1) is 25.3. The van der Waals surface area contributed by atoms with E-state index in [1.165, 1.54) is 11.8 Å². The molecule has 0 bridgehead atoms. The molecule has 0 fully saturated rings. The van der Waals surface area contributed by atoms with Crippen LogP contribution in [-0.4, -0.2) is 11.8 Å². The Kier molecular flexibility index (Phi) is 8.24. The Balaban J connectivity index is 1.58. The van der Waals surface area contributed by atoms with Gasteiger partial charge in [0, 0.05) is 21.8 Å². The summed E-state index contributed by atoms with van der Waals surface area (Å²) in [5, 5.41) is 5.72. The molecule has 4 aromatic rings. The van der Waals surface area contributed by atoms with Crippen LogP contribution in [-0.2, 0) is 11.2 Å². The van der Waals surface area contributed by atoms with E-state index in [0.717, 1.165) is 39.3 Å². The Morgan fingerprint density at radius 3 is 2.22 bits per heavy atom. The number of para-hydroxylation sites is 1. The SMILES string of the molecule is CCc1cccc(C)c1NC(=O)C(Sc1cccc(NC(=O)c2ccccc2C)c1)c1ccccc1. The van der Waals surface area contributed by atoms with E-state index in [9.17, 15) is 9.59 Å². The zero-order chi connectivity index (χ0) is 25.5. The molecule has 2 amide bonds. The van der Waals surface area contributed by atoms with Crippen LogP contribution in [0.2, 0.25) is 0 Å². The molecule has 0 saturated heterocycles. The number of carbonyl (C=O) groups is 2. The fourth-order valence-corrected chi connectivity index (χ4v) is 5.18. The molecular formula is C31H30N2O2S. The first-order valence-electron chi connectivity index (χ1n) is 12.0. The highest BCUT2D eigenvalue weighted by molar-refractivity contribution is 8.00. The van der Waals surface area contributed by atoms with Gasteiger partial charge in [0.15, 0.2) is 0 Å². The minimum absolute atomic E-state index is 0.0791. The number of rotatable bonds is 8. The van der Waals surface area contributed by atoms with Gasteiger partial charge >= 0.3 is 0 Å². The third kappa shape index (κ3) is 6.04. The van der Waals surface area contributed by atoms with E-state index in [1.54, 1.807) is 0 Å². The summed E-state index contributed by atoms with van der Waals surface area (Å²) in [6.07, 6.45) is 0.836. The standard InChI is InChI=1S/C31H30N2O2S/c1-4-23-16-10-13-22(3)28(23)33-31(35)29(24-14-6-5-7-15-24)36-26-18-11-17-25(20-26)32-30(34)27-19-9-8-12-21(27)2/h5-20,29H,4H2,1-3H3,(H,32,34)(H,33,35). The van der Waals surface area contributed by atoms with Gasteiger partial charge in [-0.15, -0.1) is 11.8 Å². The van der Waals surface area contributed by atoms with Crippen LogP contribution < -0.4 is 10.6 Å². The van der Waals surface area contributed by atoms with Crippen LogP contribution in [0.3, 0.4) is 0 Å². The summed E-state index contributed by atoms with van der Waals surface area (Å²) in [4.78, 5) is 27.3. The number of benzene rings is 4. The zero-order valence-electron chi connectivity index (χ0n) is 20.7. The van der Waals surface area contributed by atoms with Gasteiger partial charge in [0.2, 0.25) is 5.91 Å². The normalized spacial score (nSPS) is 11.5. The van der Waals surface area contributed by atoms with Crippen molar-refractivity contribution in [2.45, 2.75) is 37.3 Å². The molecule has 0 radical (unpaired) electrons. The lowest BCUT2D eigenvalue weighted by Crippen LogP contribution is -2.20. The summed E-state index contributed by atoms with van der Waals surface area (Å²) in [7, 11) is 0. The number of carbonyl (C=O) groups excluding carboxylic acids is 2. The quantitative estimate of drug-likeness (QED) is 0.248. The number of hydrogen-bond acceptors (Lipinski definition) is 3. The van der Waals surface area contributed by atoms with Gasteiger partial charge in [-0.1, -0.05) is 79.7 Å². The number of nitrogens with one attached hydrogen (secondary N) is 2. The van der Waals surface area contributed by atoms with Gasteiger partial charge in [0.05, 0.1) is 0 Å². The maximum absolute atomic E-state index is 13.6. The molecule has 0 spiro atoms. The minimum Gasteiger partial charge on any atom is -0.324 e. The molecule has 2 N–H and O–H groups in total. The van der Waals surface area contributed by atoms with Crippen LogP contribution in [0.4, 0.5) is 11.4 Å². The number of hydrogen-bond donors (Lipinski definition) is 2. The number of thioether (sulfide) groups is 1. The molecule has 4 rings (SSSR count). The minimum atomic E-state index is -0.460. The second-order valence-electron chi connectivity index (χ2n) is 8.66. The van der Waals surface area contributed by atoms with Gasteiger partial charge in [-0.05, 0) is 66.8 Å². The molecule has 0 aliphatic heterocycles. The largest absolute Gasteiger partial charge is 0.324 e. The lowest BCUT2D eigenvalue weighted by molar-refractivity contribution is -0.115. The Morgan fingerprint density at radius 2 is 1.47 bits per heavy atom. The van der Waals surface area contributed by atoms with E-state index in [1.807, 2.05) is 111 Å². The average Bonchev–Trinajstić information content (AvgIpc) is 2.89. The van der Waals surface area contributed by atoms with Crippen molar-refractivity contribution in [3.05, 3.63) is 125 Å². The van der Waals surface area contributed by atoms with E-state index in [-0.39, 0.29) is 11.8 Å². The average molecular weight is 495 g/mol. The Labute approximate surface area is 217 Å². The van der Waals surface area contributed by atoms with Gasteiger partial charge < -0.3 is 10.6 Å². The molecule has 1 atom stereocenters. The molecule has 4 nitrogen and oxygen atoms in total. The Bertz CT molecular complexity index is 1370. The number of anilines is 2.